The Morgan fingerprint density at radius 2 is 1.96 bits per heavy atom. The number of carbonyl (C=O) groups excluding carboxylic acids is 1. The maximum Gasteiger partial charge on any atom is 0.260 e. The molecule has 0 saturated carbocycles. The van der Waals surface area contributed by atoms with Gasteiger partial charge in [-0.05, 0) is 18.6 Å². The fourth-order valence-electron chi connectivity index (χ4n) is 2.63. The molecule has 1 amide bonds. The third-order valence-corrected chi connectivity index (χ3v) is 4.23. The van der Waals surface area contributed by atoms with E-state index in [1.807, 2.05) is 36.1 Å². The SMILES string of the molecule is Cc1ccccc1OCC(=O)N1CCN(c2cc(Cl)ncn2)CC1. The number of piperazine rings is 1. The summed E-state index contributed by atoms with van der Waals surface area (Å²) in [6.07, 6.45) is 1.45. The maximum absolute atomic E-state index is 12.3. The lowest BCUT2D eigenvalue weighted by Crippen LogP contribution is -2.50. The lowest BCUT2D eigenvalue weighted by molar-refractivity contribution is -0.133. The van der Waals surface area contributed by atoms with E-state index in [1.165, 1.54) is 6.33 Å². The Kier molecular flexibility index (Phi) is 5.15. The van der Waals surface area contributed by atoms with Crippen molar-refractivity contribution in [1.29, 1.82) is 0 Å². The van der Waals surface area contributed by atoms with Crippen LogP contribution >= 0.6 is 11.6 Å². The predicted octanol–water partition coefficient (Wildman–Crippen LogP) is 2.17. The van der Waals surface area contributed by atoms with Crippen molar-refractivity contribution >= 4 is 23.3 Å². The van der Waals surface area contributed by atoms with E-state index in [9.17, 15) is 4.79 Å². The molecule has 2 heterocycles. The third-order valence-electron chi connectivity index (χ3n) is 4.02. The van der Waals surface area contributed by atoms with E-state index in [4.69, 9.17) is 16.3 Å². The Balaban J connectivity index is 1.51. The molecule has 0 radical (unpaired) electrons. The topological polar surface area (TPSA) is 58.6 Å². The molecule has 0 N–H and O–H groups in total. The van der Waals surface area contributed by atoms with Gasteiger partial charge < -0.3 is 14.5 Å². The molecule has 0 unspecified atom stereocenters. The van der Waals surface area contributed by atoms with Crippen molar-refractivity contribution in [3.63, 3.8) is 0 Å². The Labute approximate surface area is 146 Å². The van der Waals surface area contributed by atoms with Crippen LogP contribution in [0.5, 0.6) is 5.75 Å². The van der Waals surface area contributed by atoms with Crippen molar-refractivity contribution in [3.8, 4) is 5.75 Å². The van der Waals surface area contributed by atoms with E-state index < -0.39 is 0 Å². The van der Waals surface area contributed by atoms with Gasteiger partial charge >= 0.3 is 0 Å². The van der Waals surface area contributed by atoms with Crippen molar-refractivity contribution < 1.29 is 9.53 Å². The average Bonchev–Trinajstić information content (AvgIpc) is 2.61. The monoisotopic (exact) mass is 346 g/mol. The Bertz CT molecular complexity index is 717. The van der Waals surface area contributed by atoms with Gasteiger partial charge in [0.15, 0.2) is 6.61 Å². The summed E-state index contributed by atoms with van der Waals surface area (Å²) in [7, 11) is 0. The van der Waals surface area contributed by atoms with Gasteiger partial charge in [0.2, 0.25) is 0 Å². The number of rotatable bonds is 4. The van der Waals surface area contributed by atoms with Gasteiger partial charge in [-0.1, -0.05) is 29.8 Å². The van der Waals surface area contributed by atoms with Crippen LogP contribution in [0.4, 0.5) is 5.82 Å². The van der Waals surface area contributed by atoms with Crippen LogP contribution in [-0.4, -0.2) is 53.6 Å². The van der Waals surface area contributed by atoms with E-state index in [1.54, 1.807) is 6.07 Å². The highest BCUT2D eigenvalue weighted by Crippen LogP contribution is 2.18. The average molecular weight is 347 g/mol. The maximum atomic E-state index is 12.3. The number of para-hydroxylation sites is 1. The quantitative estimate of drug-likeness (QED) is 0.794. The number of nitrogens with zero attached hydrogens (tertiary/aromatic N) is 4. The molecule has 126 valence electrons. The standard InChI is InChI=1S/C17H19ClN4O2/c1-13-4-2-3-5-14(13)24-11-17(23)22-8-6-21(7-9-22)16-10-15(18)19-12-20-16/h2-5,10,12H,6-9,11H2,1H3. The van der Waals surface area contributed by atoms with Crippen LogP contribution in [0.1, 0.15) is 5.56 Å². The zero-order valence-corrected chi connectivity index (χ0v) is 14.2. The van der Waals surface area contributed by atoms with Crippen LogP contribution in [0.25, 0.3) is 0 Å². The van der Waals surface area contributed by atoms with E-state index in [0.717, 1.165) is 17.1 Å². The molecule has 1 aromatic heterocycles. The van der Waals surface area contributed by atoms with Crippen molar-refractivity contribution in [2.75, 3.05) is 37.7 Å². The number of amides is 1. The predicted molar refractivity (Wildman–Crippen MR) is 92.5 cm³/mol. The third kappa shape index (κ3) is 3.94. The van der Waals surface area contributed by atoms with E-state index in [2.05, 4.69) is 14.9 Å². The van der Waals surface area contributed by atoms with Gasteiger partial charge in [-0.2, -0.15) is 0 Å². The fraction of sp³-hybridized carbons (Fsp3) is 0.353. The minimum Gasteiger partial charge on any atom is -0.484 e. The molecule has 6 nitrogen and oxygen atoms in total. The number of aryl methyl sites for hydroxylation is 1. The van der Waals surface area contributed by atoms with E-state index in [-0.39, 0.29) is 12.5 Å². The van der Waals surface area contributed by atoms with Crippen LogP contribution in [0, 0.1) is 6.92 Å². The molecule has 0 bridgehead atoms. The van der Waals surface area contributed by atoms with Crippen LogP contribution < -0.4 is 9.64 Å². The molecular weight excluding hydrogens is 328 g/mol. The molecule has 7 heteroatoms. The molecule has 1 aliphatic rings. The highest BCUT2D eigenvalue weighted by atomic mass is 35.5. The lowest BCUT2D eigenvalue weighted by Gasteiger charge is -2.35. The highest BCUT2D eigenvalue weighted by Gasteiger charge is 2.22. The minimum absolute atomic E-state index is 0.00128. The summed E-state index contributed by atoms with van der Waals surface area (Å²) < 4.78 is 5.64. The number of benzene rings is 1. The Hall–Kier alpha value is -2.34. The van der Waals surface area contributed by atoms with Crippen molar-refractivity contribution in [1.82, 2.24) is 14.9 Å². The summed E-state index contributed by atoms with van der Waals surface area (Å²) in [5, 5.41) is 0.421. The fourth-order valence-corrected chi connectivity index (χ4v) is 2.77. The first-order valence-corrected chi connectivity index (χ1v) is 8.20. The van der Waals surface area contributed by atoms with E-state index in [0.29, 0.717) is 31.3 Å². The molecule has 1 aliphatic heterocycles. The molecule has 1 aromatic carbocycles. The van der Waals surface area contributed by atoms with Crippen molar-refractivity contribution in [2.45, 2.75) is 6.92 Å². The van der Waals surface area contributed by atoms with Crippen LogP contribution in [0.3, 0.4) is 0 Å². The zero-order chi connectivity index (χ0) is 16.9. The first kappa shape index (κ1) is 16.5. The molecule has 1 saturated heterocycles. The second-order valence-electron chi connectivity index (χ2n) is 5.62. The van der Waals surface area contributed by atoms with Gasteiger partial charge in [0.25, 0.3) is 5.91 Å². The molecule has 3 rings (SSSR count). The molecule has 0 spiro atoms. The first-order valence-electron chi connectivity index (χ1n) is 7.82. The van der Waals surface area contributed by atoms with Crippen LogP contribution in [0.2, 0.25) is 5.15 Å². The number of hydrogen-bond acceptors (Lipinski definition) is 5. The minimum atomic E-state index is -0.00128. The molecule has 0 atom stereocenters. The zero-order valence-electron chi connectivity index (χ0n) is 13.5. The van der Waals surface area contributed by atoms with Gasteiger partial charge in [-0.15, -0.1) is 0 Å². The number of anilines is 1. The number of hydrogen-bond donors (Lipinski definition) is 0. The molecule has 24 heavy (non-hydrogen) atoms. The number of aromatic nitrogens is 2. The molecule has 2 aromatic rings. The van der Waals surface area contributed by atoms with Gasteiger partial charge in [0.1, 0.15) is 23.0 Å². The van der Waals surface area contributed by atoms with Crippen molar-refractivity contribution in [2.24, 2.45) is 0 Å². The Morgan fingerprint density at radius 1 is 1.21 bits per heavy atom. The summed E-state index contributed by atoms with van der Waals surface area (Å²) in [6.45, 7) is 4.72. The molecule has 1 fully saturated rings. The number of carbonyl (C=O) groups is 1. The highest BCUT2D eigenvalue weighted by molar-refractivity contribution is 6.29. The van der Waals surface area contributed by atoms with Crippen LogP contribution in [0.15, 0.2) is 36.7 Å². The molecule has 0 aliphatic carbocycles. The summed E-state index contributed by atoms with van der Waals surface area (Å²) in [6, 6.07) is 9.42. The summed E-state index contributed by atoms with van der Waals surface area (Å²) in [4.78, 5) is 24.3. The van der Waals surface area contributed by atoms with Gasteiger partial charge in [-0.3, -0.25) is 4.79 Å². The normalized spacial score (nSPS) is 14.6. The number of halogens is 1. The van der Waals surface area contributed by atoms with E-state index >= 15 is 0 Å². The van der Waals surface area contributed by atoms with Gasteiger partial charge in [-0.25, -0.2) is 9.97 Å². The van der Waals surface area contributed by atoms with Gasteiger partial charge in [0, 0.05) is 32.2 Å². The number of ether oxygens (including phenoxy) is 1. The summed E-state index contributed by atoms with van der Waals surface area (Å²) >= 11 is 5.90. The second kappa shape index (κ2) is 7.49. The van der Waals surface area contributed by atoms with Crippen LogP contribution in [-0.2, 0) is 4.79 Å². The summed E-state index contributed by atoms with van der Waals surface area (Å²) in [5.74, 6) is 1.54. The largest absolute Gasteiger partial charge is 0.484 e. The molecular formula is C17H19ClN4O2. The second-order valence-corrected chi connectivity index (χ2v) is 6.01. The Morgan fingerprint density at radius 3 is 2.67 bits per heavy atom. The first-order chi connectivity index (χ1) is 11.6. The van der Waals surface area contributed by atoms with Gasteiger partial charge in [0.05, 0.1) is 0 Å². The smallest absolute Gasteiger partial charge is 0.260 e. The summed E-state index contributed by atoms with van der Waals surface area (Å²) in [5.41, 5.74) is 1.02. The lowest BCUT2D eigenvalue weighted by atomic mass is 10.2. The van der Waals surface area contributed by atoms with Crippen molar-refractivity contribution in [3.05, 3.63) is 47.4 Å².